The summed E-state index contributed by atoms with van der Waals surface area (Å²) in [4.78, 5) is 0. The minimum atomic E-state index is 0.778. The molecule has 0 atom stereocenters. The van der Waals surface area contributed by atoms with Crippen LogP contribution in [-0.4, -0.2) is 29.3 Å². The highest BCUT2D eigenvalue weighted by Gasteiger charge is 2.19. The number of aromatic nitrogens is 2. The molecule has 1 fully saturated rings. The third-order valence-electron chi connectivity index (χ3n) is 2.23. The van der Waals surface area contributed by atoms with Crippen molar-refractivity contribution in [3.8, 4) is 0 Å². The van der Waals surface area contributed by atoms with Gasteiger partial charge in [0.2, 0.25) is 0 Å². The molecule has 0 spiro atoms. The van der Waals surface area contributed by atoms with Crippen LogP contribution in [0, 0.1) is 6.92 Å². The monoisotopic (exact) mass is 192 g/mol. The van der Waals surface area contributed by atoms with E-state index in [-0.39, 0.29) is 0 Å². The molecule has 0 bridgehead atoms. The molecule has 0 radical (unpaired) electrons. The fourth-order valence-corrected chi connectivity index (χ4v) is 1.30. The Morgan fingerprint density at radius 3 is 3.00 bits per heavy atom. The number of nitrogens with zero attached hydrogens (tertiary/aromatic N) is 2. The summed E-state index contributed by atoms with van der Waals surface area (Å²) in [7, 11) is 0. The normalized spacial score (nSPS) is 15.5. The minimum absolute atomic E-state index is 0.778. The zero-order chi connectivity index (χ0) is 9.80. The first-order chi connectivity index (χ1) is 6.84. The highest BCUT2D eigenvalue weighted by atomic mass is 15.2. The zero-order valence-electron chi connectivity index (χ0n) is 8.45. The van der Waals surface area contributed by atoms with Crippen molar-refractivity contribution in [2.75, 3.05) is 18.4 Å². The molecule has 1 aromatic heterocycles. The second-order valence-corrected chi connectivity index (χ2v) is 3.77. The minimum Gasteiger partial charge on any atom is -0.367 e. The van der Waals surface area contributed by atoms with Gasteiger partial charge in [-0.2, -0.15) is 5.10 Å². The van der Waals surface area contributed by atoms with Gasteiger partial charge in [-0.25, -0.2) is 0 Å². The maximum Gasteiger partial charge on any atom is 0.148 e. The van der Waals surface area contributed by atoms with E-state index in [0.717, 1.165) is 30.5 Å². The largest absolute Gasteiger partial charge is 0.367 e. The molecule has 1 aliphatic rings. The van der Waals surface area contributed by atoms with Crippen molar-refractivity contribution in [2.45, 2.75) is 25.8 Å². The third-order valence-corrected chi connectivity index (χ3v) is 2.23. The van der Waals surface area contributed by atoms with Gasteiger partial charge in [-0.15, -0.1) is 5.10 Å². The van der Waals surface area contributed by atoms with E-state index in [1.807, 2.05) is 13.0 Å². The number of hydrogen-bond acceptors (Lipinski definition) is 4. The van der Waals surface area contributed by atoms with Gasteiger partial charge in [0.1, 0.15) is 5.82 Å². The van der Waals surface area contributed by atoms with Crippen molar-refractivity contribution in [1.29, 1.82) is 0 Å². The molecule has 2 rings (SSSR count). The summed E-state index contributed by atoms with van der Waals surface area (Å²) >= 11 is 0. The highest BCUT2D eigenvalue weighted by molar-refractivity contribution is 5.34. The van der Waals surface area contributed by atoms with Gasteiger partial charge in [0.15, 0.2) is 0 Å². The molecule has 1 aliphatic carbocycles. The summed E-state index contributed by atoms with van der Waals surface area (Å²) in [5.41, 5.74) is 1.14. The summed E-state index contributed by atoms with van der Waals surface area (Å²) in [6, 6.07) is 2.78. The van der Waals surface area contributed by atoms with Crippen molar-refractivity contribution in [1.82, 2.24) is 15.5 Å². The molecule has 4 heteroatoms. The van der Waals surface area contributed by atoms with E-state index >= 15 is 0 Å². The molecule has 76 valence electrons. The lowest BCUT2D eigenvalue weighted by molar-refractivity contribution is 0.700. The molecule has 2 N–H and O–H groups in total. The SMILES string of the molecule is Cc1cnnc(NCCNC2CC2)c1. The summed E-state index contributed by atoms with van der Waals surface area (Å²) in [5.74, 6) is 0.864. The Labute approximate surface area is 84.1 Å². The van der Waals surface area contributed by atoms with Crippen LogP contribution in [-0.2, 0) is 0 Å². The van der Waals surface area contributed by atoms with Crippen LogP contribution in [0.3, 0.4) is 0 Å². The molecule has 0 amide bonds. The van der Waals surface area contributed by atoms with E-state index in [9.17, 15) is 0 Å². The number of hydrogen-bond donors (Lipinski definition) is 2. The van der Waals surface area contributed by atoms with Crippen molar-refractivity contribution in [3.05, 3.63) is 17.8 Å². The van der Waals surface area contributed by atoms with E-state index in [4.69, 9.17) is 0 Å². The molecule has 0 unspecified atom stereocenters. The second kappa shape index (κ2) is 4.37. The van der Waals surface area contributed by atoms with Crippen LogP contribution in [0.2, 0.25) is 0 Å². The molecule has 0 aromatic carbocycles. The van der Waals surface area contributed by atoms with Gasteiger partial charge < -0.3 is 10.6 Å². The van der Waals surface area contributed by atoms with Crippen LogP contribution < -0.4 is 10.6 Å². The van der Waals surface area contributed by atoms with E-state index in [1.54, 1.807) is 6.20 Å². The number of aryl methyl sites for hydroxylation is 1. The summed E-state index contributed by atoms with van der Waals surface area (Å²) in [6.45, 7) is 3.93. The third kappa shape index (κ3) is 2.96. The highest BCUT2D eigenvalue weighted by Crippen LogP contribution is 2.17. The Morgan fingerprint density at radius 1 is 1.43 bits per heavy atom. The van der Waals surface area contributed by atoms with E-state index in [2.05, 4.69) is 20.8 Å². The molecule has 0 saturated heterocycles. The first kappa shape index (κ1) is 9.40. The lowest BCUT2D eigenvalue weighted by Gasteiger charge is -2.05. The van der Waals surface area contributed by atoms with Crippen LogP contribution in [0.1, 0.15) is 18.4 Å². The quantitative estimate of drug-likeness (QED) is 0.682. The Morgan fingerprint density at radius 2 is 2.29 bits per heavy atom. The van der Waals surface area contributed by atoms with Crippen molar-refractivity contribution in [3.63, 3.8) is 0 Å². The van der Waals surface area contributed by atoms with E-state index < -0.39 is 0 Å². The van der Waals surface area contributed by atoms with Crippen LogP contribution in [0.5, 0.6) is 0 Å². The van der Waals surface area contributed by atoms with Gasteiger partial charge in [0.05, 0.1) is 6.20 Å². The molecule has 1 saturated carbocycles. The Kier molecular flexibility index (Phi) is 2.93. The smallest absolute Gasteiger partial charge is 0.148 e. The van der Waals surface area contributed by atoms with Gasteiger partial charge in [0.25, 0.3) is 0 Å². The predicted molar refractivity (Wildman–Crippen MR) is 56.3 cm³/mol. The molecular formula is C10H16N4. The average molecular weight is 192 g/mol. The Hall–Kier alpha value is -1.16. The van der Waals surface area contributed by atoms with Crippen LogP contribution in [0.4, 0.5) is 5.82 Å². The number of nitrogens with one attached hydrogen (secondary N) is 2. The summed E-state index contributed by atoms with van der Waals surface area (Å²) < 4.78 is 0. The van der Waals surface area contributed by atoms with Crippen molar-refractivity contribution >= 4 is 5.82 Å². The fraction of sp³-hybridized carbons (Fsp3) is 0.600. The van der Waals surface area contributed by atoms with Gasteiger partial charge in [0, 0.05) is 19.1 Å². The van der Waals surface area contributed by atoms with Crippen LogP contribution >= 0.6 is 0 Å². The van der Waals surface area contributed by atoms with Crippen molar-refractivity contribution < 1.29 is 0 Å². The molecule has 1 aromatic rings. The maximum atomic E-state index is 3.98. The van der Waals surface area contributed by atoms with Gasteiger partial charge in [-0.1, -0.05) is 0 Å². The Balaban J connectivity index is 1.68. The molecule has 1 heterocycles. The lowest BCUT2D eigenvalue weighted by atomic mass is 10.3. The second-order valence-electron chi connectivity index (χ2n) is 3.77. The Bertz CT molecular complexity index is 296. The summed E-state index contributed by atoms with van der Waals surface area (Å²) in [6.07, 6.45) is 4.43. The van der Waals surface area contributed by atoms with Crippen LogP contribution in [0.25, 0.3) is 0 Å². The van der Waals surface area contributed by atoms with Gasteiger partial charge in [-0.05, 0) is 31.4 Å². The number of anilines is 1. The predicted octanol–water partition coefficient (Wildman–Crippen LogP) is 0.949. The fourth-order valence-electron chi connectivity index (χ4n) is 1.30. The van der Waals surface area contributed by atoms with Crippen molar-refractivity contribution in [2.24, 2.45) is 0 Å². The molecule has 0 aliphatic heterocycles. The molecule has 4 nitrogen and oxygen atoms in total. The van der Waals surface area contributed by atoms with Gasteiger partial charge in [-0.3, -0.25) is 0 Å². The molecular weight excluding hydrogens is 176 g/mol. The first-order valence-corrected chi connectivity index (χ1v) is 5.11. The van der Waals surface area contributed by atoms with E-state index in [1.165, 1.54) is 12.8 Å². The first-order valence-electron chi connectivity index (χ1n) is 5.11. The topological polar surface area (TPSA) is 49.8 Å². The van der Waals surface area contributed by atoms with E-state index in [0.29, 0.717) is 0 Å². The number of rotatable bonds is 5. The molecule has 14 heavy (non-hydrogen) atoms. The summed E-state index contributed by atoms with van der Waals surface area (Å²) in [5, 5.41) is 14.5. The van der Waals surface area contributed by atoms with Crippen LogP contribution in [0.15, 0.2) is 12.3 Å². The lowest BCUT2D eigenvalue weighted by Crippen LogP contribution is -2.24. The maximum absolute atomic E-state index is 3.98. The standard InChI is InChI=1S/C10H16N4/c1-8-6-10(14-13-7-8)12-5-4-11-9-2-3-9/h6-7,9,11H,2-5H2,1H3,(H,12,14). The van der Waals surface area contributed by atoms with Gasteiger partial charge >= 0.3 is 0 Å². The average Bonchev–Trinajstić information content (AvgIpc) is 2.96. The zero-order valence-corrected chi connectivity index (χ0v) is 8.45.